The topological polar surface area (TPSA) is 29.1 Å². The summed E-state index contributed by atoms with van der Waals surface area (Å²) in [5.74, 6) is -1.85. The van der Waals surface area contributed by atoms with Crippen LogP contribution >= 0.6 is 23.4 Å². The first-order valence-corrected chi connectivity index (χ1v) is 7.39. The summed E-state index contributed by atoms with van der Waals surface area (Å²) >= 11 is 7.11. The molecule has 0 aliphatic heterocycles. The molecule has 110 valence electrons. The number of halogens is 3. The minimum absolute atomic E-state index is 0.0371. The summed E-state index contributed by atoms with van der Waals surface area (Å²) in [5, 5.41) is 2.62. The second kappa shape index (κ2) is 6.91. The summed E-state index contributed by atoms with van der Waals surface area (Å²) in [6, 6.07) is 10.1. The van der Waals surface area contributed by atoms with Gasteiger partial charge in [-0.15, -0.1) is 11.8 Å². The van der Waals surface area contributed by atoms with E-state index < -0.39 is 16.9 Å². The van der Waals surface area contributed by atoms with Gasteiger partial charge in [0.25, 0.3) is 0 Å². The van der Waals surface area contributed by atoms with Crippen molar-refractivity contribution < 1.29 is 13.6 Å². The van der Waals surface area contributed by atoms with E-state index in [4.69, 9.17) is 11.6 Å². The monoisotopic (exact) mass is 327 g/mol. The smallest absolute Gasteiger partial charge is 0.237 e. The first kappa shape index (κ1) is 15.8. The number of rotatable bonds is 4. The Morgan fingerprint density at radius 1 is 1.19 bits per heavy atom. The van der Waals surface area contributed by atoms with E-state index in [0.29, 0.717) is 5.02 Å². The molecule has 0 aromatic heterocycles. The molecule has 2 nitrogen and oxygen atoms in total. The first-order chi connectivity index (χ1) is 9.95. The molecule has 0 aliphatic rings. The van der Waals surface area contributed by atoms with E-state index >= 15 is 0 Å². The van der Waals surface area contributed by atoms with E-state index in [1.807, 2.05) is 0 Å². The van der Waals surface area contributed by atoms with Gasteiger partial charge in [-0.2, -0.15) is 0 Å². The van der Waals surface area contributed by atoms with Crippen LogP contribution in [0.1, 0.15) is 6.92 Å². The Balaban J connectivity index is 2.00. The molecule has 0 unspecified atom stereocenters. The zero-order valence-electron chi connectivity index (χ0n) is 11.1. The Bertz CT molecular complexity index is 649. The summed E-state index contributed by atoms with van der Waals surface area (Å²) in [6.07, 6.45) is 0. The van der Waals surface area contributed by atoms with Gasteiger partial charge in [0.1, 0.15) is 11.6 Å². The molecule has 0 fully saturated rings. The largest absolute Gasteiger partial charge is 0.323 e. The van der Waals surface area contributed by atoms with Gasteiger partial charge in [0.15, 0.2) is 0 Å². The van der Waals surface area contributed by atoms with Crippen molar-refractivity contribution in [3.05, 3.63) is 59.1 Å². The highest BCUT2D eigenvalue weighted by Crippen LogP contribution is 2.26. The normalized spacial score (nSPS) is 12.0. The van der Waals surface area contributed by atoms with Gasteiger partial charge >= 0.3 is 0 Å². The van der Waals surface area contributed by atoms with Crippen molar-refractivity contribution in [3.8, 4) is 0 Å². The summed E-state index contributed by atoms with van der Waals surface area (Å²) in [6.45, 7) is 1.70. The maximum Gasteiger partial charge on any atom is 0.237 e. The van der Waals surface area contributed by atoms with Crippen LogP contribution in [0.3, 0.4) is 0 Å². The fraction of sp³-hybridized carbons (Fsp3) is 0.133. The molecule has 1 amide bonds. The highest BCUT2D eigenvalue weighted by molar-refractivity contribution is 8.00. The van der Waals surface area contributed by atoms with Crippen molar-refractivity contribution in [1.82, 2.24) is 0 Å². The quantitative estimate of drug-likeness (QED) is 0.822. The lowest BCUT2D eigenvalue weighted by molar-refractivity contribution is -0.115. The van der Waals surface area contributed by atoms with Gasteiger partial charge in [0.2, 0.25) is 5.91 Å². The maximum atomic E-state index is 13.5. The van der Waals surface area contributed by atoms with Gasteiger partial charge in [-0.3, -0.25) is 4.79 Å². The second-order valence-electron chi connectivity index (χ2n) is 4.33. The van der Waals surface area contributed by atoms with Crippen LogP contribution < -0.4 is 5.32 Å². The molecule has 0 aliphatic carbocycles. The number of anilines is 1. The van der Waals surface area contributed by atoms with Gasteiger partial charge in [-0.1, -0.05) is 11.6 Å². The van der Waals surface area contributed by atoms with Gasteiger partial charge in [0.05, 0.1) is 10.9 Å². The summed E-state index contributed by atoms with van der Waals surface area (Å²) in [5.41, 5.74) is -0.0371. The Kier molecular flexibility index (Phi) is 5.20. The lowest BCUT2D eigenvalue weighted by atomic mass is 10.3. The average molecular weight is 328 g/mol. The maximum absolute atomic E-state index is 13.5. The van der Waals surface area contributed by atoms with E-state index in [1.54, 1.807) is 31.2 Å². The van der Waals surface area contributed by atoms with Crippen LogP contribution in [0.5, 0.6) is 0 Å². The molecule has 0 saturated carbocycles. The zero-order chi connectivity index (χ0) is 15.4. The Hall–Kier alpha value is -1.59. The molecule has 0 heterocycles. The fourth-order valence-corrected chi connectivity index (χ4v) is 2.59. The molecule has 1 atom stereocenters. The van der Waals surface area contributed by atoms with Crippen LogP contribution in [-0.2, 0) is 4.79 Å². The van der Waals surface area contributed by atoms with Gasteiger partial charge in [-0.05, 0) is 43.3 Å². The number of nitrogens with one attached hydrogen (secondary N) is 1. The molecule has 2 aromatic carbocycles. The molecule has 2 aromatic rings. The van der Waals surface area contributed by atoms with E-state index in [0.717, 1.165) is 17.0 Å². The van der Waals surface area contributed by atoms with Crippen LogP contribution in [0.4, 0.5) is 14.5 Å². The predicted molar refractivity (Wildman–Crippen MR) is 81.8 cm³/mol. The molecule has 0 spiro atoms. The van der Waals surface area contributed by atoms with Crippen molar-refractivity contribution in [1.29, 1.82) is 0 Å². The second-order valence-corrected chi connectivity index (χ2v) is 6.18. The Morgan fingerprint density at radius 2 is 1.86 bits per heavy atom. The van der Waals surface area contributed by atoms with Gasteiger partial charge in [0, 0.05) is 16.0 Å². The standard InChI is InChI=1S/C15H12ClF2NOS/c1-9(21-12-5-2-10(16)3-6-12)15(20)19-14-7-4-11(17)8-13(14)18/h2-9H,1H3,(H,19,20)/t9-/m0/s1. The Morgan fingerprint density at radius 3 is 2.48 bits per heavy atom. The molecule has 0 saturated heterocycles. The zero-order valence-corrected chi connectivity index (χ0v) is 12.6. The first-order valence-electron chi connectivity index (χ1n) is 6.14. The Labute approximate surface area is 130 Å². The minimum Gasteiger partial charge on any atom is -0.323 e. The van der Waals surface area contributed by atoms with Crippen molar-refractivity contribution in [2.75, 3.05) is 5.32 Å². The number of carbonyl (C=O) groups excluding carboxylic acids is 1. The molecule has 0 bridgehead atoms. The highest BCUT2D eigenvalue weighted by Gasteiger charge is 2.16. The number of hydrogen-bond donors (Lipinski definition) is 1. The van der Waals surface area contributed by atoms with Crippen molar-refractivity contribution >= 4 is 35.0 Å². The third-order valence-electron chi connectivity index (χ3n) is 2.68. The van der Waals surface area contributed by atoms with Crippen molar-refractivity contribution in [2.24, 2.45) is 0 Å². The van der Waals surface area contributed by atoms with Crippen molar-refractivity contribution in [2.45, 2.75) is 17.1 Å². The third-order valence-corrected chi connectivity index (χ3v) is 4.05. The average Bonchev–Trinajstić information content (AvgIpc) is 2.44. The summed E-state index contributed by atoms with van der Waals surface area (Å²) in [4.78, 5) is 12.9. The lowest BCUT2D eigenvalue weighted by Crippen LogP contribution is -2.22. The van der Waals surface area contributed by atoms with E-state index in [1.165, 1.54) is 17.8 Å². The number of hydrogen-bond acceptors (Lipinski definition) is 2. The third kappa shape index (κ3) is 4.44. The molecule has 0 radical (unpaired) electrons. The summed E-state index contributed by atoms with van der Waals surface area (Å²) < 4.78 is 26.3. The van der Waals surface area contributed by atoms with Crippen LogP contribution in [0.2, 0.25) is 5.02 Å². The number of thioether (sulfide) groups is 1. The van der Waals surface area contributed by atoms with Gasteiger partial charge in [-0.25, -0.2) is 8.78 Å². The number of carbonyl (C=O) groups is 1. The molecular weight excluding hydrogens is 316 g/mol. The molecule has 6 heteroatoms. The minimum atomic E-state index is -0.799. The number of amides is 1. The molecule has 1 N–H and O–H groups in total. The number of benzene rings is 2. The van der Waals surface area contributed by atoms with Gasteiger partial charge < -0.3 is 5.32 Å². The van der Waals surface area contributed by atoms with Crippen LogP contribution in [0, 0.1) is 11.6 Å². The lowest BCUT2D eigenvalue weighted by Gasteiger charge is -2.12. The predicted octanol–water partition coefficient (Wildman–Crippen LogP) is 4.74. The summed E-state index contributed by atoms with van der Waals surface area (Å²) in [7, 11) is 0. The van der Waals surface area contributed by atoms with Crippen molar-refractivity contribution in [3.63, 3.8) is 0 Å². The fourth-order valence-electron chi connectivity index (χ4n) is 1.60. The van der Waals surface area contributed by atoms with E-state index in [9.17, 15) is 13.6 Å². The van der Waals surface area contributed by atoms with Crippen LogP contribution in [0.25, 0.3) is 0 Å². The van der Waals surface area contributed by atoms with Crippen LogP contribution in [-0.4, -0.2) is 11.2 Å². The molecule has 21 heavy (non-hydrogen) atoms. The SMILES string of the molecule is C[C@H](Sc1ccc(Cl)cc1)C(=O)Nc1ccc(F)cc1F. The van der Waals surface area contributed by atoms with E-state index in [-0.39, 0.29) is 11.6 Å². The van der Waals surface area contributed by atoms with E-state index in [2.05, 4.69) is 5.32 Å². The van der Waals surface area contributed by atoms with Crippen LogP contribution in [0.15, 0.2) is 47.4 Å². The molecule has 2 rings (SSSR count). The molecular formula is C15H12ClF2NOS. The highest BCUT2D eigenvalue weighted by atomic mass is 35.5.